The first-order valence-electron chi connectivity index (χ1n) is 5.85. The van der Waals surface area contributed by atoms with Gasteiger partial charge in [-0.3, -0.25) is 0 Å². The summed E-state index contributed by atoms with van der Waals surface area (Å²) in [5.74, 6) is 0.826. The molecule has 0 bridgehead atoms. The van der Waals surface area contributed by atoms with Gasteiger partial charge in [-0.2, -0.15) is 0 Å². The highest BCUT2D eigenvalue weighted by atomic mass is 79.9. The Labute approximate surface area is 115 Å². The number of aliphatic hydroxyl groups is 1. The number of rotatable bonds is 5. The zero-order valence-electron chi connectivity index (χ0n) is 9.97. The van der Waals surface area contributed by atoms with E-state index in [1.165, 1.54) is 0 Å². The SMILES string of the molecule is OCCc1ccc(OCc2ccccc2)cc1Br. The summed E-state index contributed by atoms with van der Waals surface area (Å²) in [5.41, 5.74) is 2.23. The molecule has 0 unspecified atom stereocenters. The third kappa shape index (κ3) is 3.59. The Bertz CT molecular complexity index is 497. The number of halogens is 1. The second-order valence-corrected chi connectivity index (χ2v) is 4.86. The van der Waals surface area contributed by atoms with E-state index in [1.54, 1.807) is 0 Å². The normalized spacial score (nSPS) is 10.3. The number of aliphatic hydroxyl groups excluding tert-OH is 1. The van der Waals surface area contributed by atoms with Gasteiger partial charge in [0.2, 0.25) is 0 Å². The predicted octanol–water partition coefficient (Wildman–Crippen LogP) is 3.56. The fourth-order valence-electron chi connectivity index (χ4n) is 1.68. The van der Waals surface area contributed by atoms with Gasteiger partial charge in [0, 0.05) is 11.1 Å². The zero-order chi connectivity index (χ0) is 12.8. The minimum atomic E-state index is 0.156. The minimum absolute atomic E-state index is 0.156. The fraction of sp³-hybridized carbons (Fsp3) is 0.200. The Balaban J connectivity index is 2.00. The van der Waals surface area contributed by atoms with Gasteiger partial charge in [-0.25, -0.2) is 0 Å². The Morgan fingerprint density at radius 1 is 1.06 bits per heavy atom. The molecule has 18 heavy (non-hydrogen) atoms. The van der Waals surface area contributed by atoms with Crippen molar-refractivity contribution in [3.05, 3.63) is 64.1 Å². The van der Waals surface area contributed by atoms with Crippen molar-refractivity contribution in [2.45, 2.75) is 13.0 Å². The average Bonchev–Trinajstić information content (AvgIpc) is 2.41. The Hall–Kier alpha value is -1.32. The number of benzene rings is 2. The molecule has 0 radical (unpaired) electrons. The van der Waals surface area contributed by atoms with Crippen LogP contribution >= 0.6 is 15.9 Å². The summed E-state index contributed by atoms with van der Waals surface area (Å²) < 4.78 is 6.69. The summed E-state index contributed by atoms with van der Waals surface area (Å²) in [6.07, 6.45) is 0.652. The van der Waals surface area contributed by atoms with Crippen LogP contribution in [0.4, 0.5) is 0 Å². The third-order valence-electron chi connectivity index (χ3n) is 2.65. The van der Waals surface area contributed by atoms with Crippen LogP contribution in [-0.2, 0) is 13.0 Å². The van der Waals surface area contributed by atoms with E-state index in [2.05, 4.69) is 15.9 Å². The van der Waals surface area contributed by atoms with E-state index in [1.807, 2.05) is 48.5 Å². The number of hydrogen-bond acceptors (Lipinski definition) is 2. The van der Waals surface area contributed by atoms with Crippen LogP contribution in [0.5, 0.6) is 5.75 Å². The fourth-order valence-corrected chi connectivity index (χ4v) is 2.24. The standard InChI is InChI=1S/C15H15BrO2/c16-15-10-14(7-6-13(15)8-9-17)18-11-12-4-2-1-3-5-12/h1-7,10,17H,8-9,11H2. The molecule has 0 heterocycles. The number of hydrogen-bond donors (Lipinski definition) is 1. The lowest BCUT2D eigenvalue weighted by Crippen LogP contribution is -1.97. The van der Waals surface area contributed by atoms with Crippen LogP contribution in [0.1, 0.15) is 11.1 Å². The Morgan fingerprint density at radius 3 is 2.50 bits per heavy atom. The molecule has 0 amide bonds. The molecule has 0 aliphatic rings. The molecule has 2 aromatic carbocycles. The summed E-state index contributed by atoms with van der Waals surface area (Å²) in [6.45, 7) is 0.718. The van der Waals surface area contributed by atoms with Gasteiger partial charge in [0.25, 0.3) is 0 Å². The monoisotopic (exact) mass is 306 g/mol. The highest BCUT2D eigenvalue weighted by Gasteiger charge is 2.02. The van der Waals surface area contributed by atoms with Gasteiger partial charge in [0.1, 0.15) is 12.4 Å². The van der Waals surface area contributed by atoms with Crippen molar-refractivity contribution < 1.29 is 9.84 Å². The smallest absolute Gasteiger partial charge is 0.120 e. The van der Waals surface area contributed by atoms with Gasteiger partial charge < -0.3 is 9.84 Å². The van der Waals surface area contributed by atoms with Crippen molar-refractivity contribution in [3.63, 3.8) is 0 Å². The summed E-state index contributed by atoms with van der Waals surface area (Å²) in [5, 5.41) is 8.91. The molecule has 0 spiro atoms. The van der Waals surface area contributed by atoms with Crippen molar-refractivity contribution in [2.24, 2.45) is 0 Å². The van der Waals surface area contributed by atoms with E-state index in [0.717, 1.165) is 21.3 Å². The molecule has 0 saturated heterocycles. The molecular weight excluding hydrogens is 292 g/mol. The van der Waals surface area contributed by atoms with Crippen LogP contribution in [-0.4, -0.2) is 11.7 Å². The molecule has 2 aromatic rings. The van der Waals surface area contributed by atoms with Gasteiger partial charge >= 0.3 is 0 Å². The van der Waals surface area contributed by atoms with Crippen LogP contribution in [0, 0.1) is 0 Å². The van der Waals surface area contributed by atoms with E-state index in [0.29, 0.717) is 13.0 Å². The molecule has 0 fully saturated rings. The van der Waals surface area contributed by atoms with E-state index < -0.39 is 0 Å². The first-order valence-corrected chi connectivity index (χ1v) is 6.65. The number of ether oxygens (including phenoxy) is 1. The molecule has 3 heteroatoms. The zero-order valence-corrected chi connectivity index (χ0v) is 11.6. The molecule has 0 atom stereocenters. The molecule has 0 aromatic heterocycles. The van der Waals surface area contributed by atoms with Crippen molar-refractivity contribution in [2.75, 3.05) is 6.61 Å². The minimum Gasteiger partial charge on any atom is -0.489 e. The van der Waals surface area contributed by atoms with Crippen molar-refractivity contribution >= 4 is 15.9 Å². The highest BCUT2D eigenvalue weighted by molar-refractivity contribution is 9.10. The van der Waals surface area contributed by atoms with E-state index in [9.17, 15) is 0 Å². The molecule has 2 nitrogen and oxygen atoms in total. The van der Waals surface area contributed by atoms with Gasteiger partial charge in [0.15, 0.2) is 0 Å². The Morgan fingerprint density at radius 2 is 1.83 bits per heavy atom. The first-order chi connectivity index (χ1) is 8.79. The van der Waals surface area contributed by atoms with Gasteiger partial charge in [-0.05, 0) is 29.7 Å². The van der Waals surface area contributed by atoms with Crippen molar-refractivity contribution in [1.29, 1.82) is 0 Å². The summed E-state index contributed by atoms with van der Waals surface area (Å²) in [6, 6.07) is 15.9. The molecule has 0 aliphatic carbocycles. The second kappa shape index (κ2) is 6.57. The summed E-state index contributed by atoms with van der Waals surface area (Å²) in [4.78, 5) is 0. The molecule has 94 valence electrons. The average molecular weight is 307 g/mol. The predicted molar refractivity (Wildman–Crippen MR) is 75.7 cm³/mol. The maximum absolute atomic E-state index is 8.91. The van der Waals surface area contributed by atoms with Crippen LogP contribution in [0.2, 0.25) is 0 Å². The summed E-state index contributed by atoms with van der Waals surface area (Å²) >= 11 is 3.48. The lowest BCUT2D eigenvalue weighted by Gasteiger charge is -2.09. The molecular formula is C15H15BrO2. The van der Waals surface area contributed by atoms with Crippen LogP contribution in [0.25, 0.3) is 0 Å². The van der Waals surface area contributed by atoms with Gasteiger partial charge in [-0.1, -0.05) is 52.3 Å². The third-order valence-corrected chi connectivity index (χ3v) is 3.39. The van der Waals surface area contributed by atoms with Gasteiger partial charge in [0.05, 0.1) is 0 Å². The van der Waals surface area contributed by atoms with Crippen LogP contribution in [0.15, 0.2) is 53.0 Å². The highest BCUT2D eigenvalue weighted by Crippen LogP contribution is 2.24. The molecule has 2 rings (SSSR count). The van der Waals surface area contributed by atoms with Crippen molar-refractivity contribution in [3.8, 4) is 5.75 Å². The topological polar surface area (TPSA) is 29.5 Å². The molecule has 0 aliphatic heterocycles. The summed E-state index contributed by atoms with van der Waals surface area (Å²) in [7, 11) is 0. The van der Waals surface area contributed by atoms with Gasteiger partial charge in [-0.15, -0.1) is 0 Å². The maximum Gasteiger partial charge on any atom is 0.120 e. The van der Waals surface area contributed by atoms with Crippen LogP contribution < -0.4 is 4.74 Å². The van der Waals surface area contributed by atoms with E-state index in [4.69, 9.17) is 9.84 Å². The largest absolute Gasteiger partial charge is 0.489 e. The lowest BCUT2D eigenvalue weighted by molar-refractivity contribution is 0.298. The second-order valence-electron chi connectivity index (χ2n) is 4.00. The maximum atomic E-state index is 8.91. The van der Waals surface area contributed by atoms with Crippen LogP contribution in [0.3, 0.4) is 0 Å². The quantitative estimate of drug-likeness (QED) is 0.915. The van der Waals surface area contributed by atoms with Crippen molar-refractivity contribution in [1.82, 2.24) is 0 Å². The molecule has 1 N–H and O–H groups in total. The first kappa shape index (κ1) is 13.1. The Kier molecular flexibility index (Phi) is 4.79. The van der Waals surface area contributed by atoms with E-state index in [-0.39, 0.29) is 6.61 Å². The van der Waals surface area contributed by atoms with E-state index >= 15 is 0 Å². The lowest BCUT2D eigenvalue weighted by atomic mass is 10.1. The molecule has 0 saturated carbocycles.